The van der Waals surface area contributed by atoms with Crippen LogP contribution in [0.15, 0.2) is 18.2 Å². The molecule has 0 amide bonds. The van der Waals surface area contributed by atoms with Gasteiger partial charge in [-0.25, -0.2) is 0 Å². The maximum Gasteiger partial charge on any atom is 0.0208 e. The minimum Gasteiger partial charge on any atom is -0.314 e. The number of piperidine rings is 1. The van der Waals surface area contributed by atoms with Crippen molar-refractivity contribution in [3.63, 3.8) is 0 Å². The maximum absolute atomic E-state index is 3.60. The van der Waals surface area contributed by atoms with E-state index >= 15 is 0 Å². The second-order valence-corrected chi connectivity index (χ2v) is 5.54. The fourth-order valence-corrected chi connectivity index (χ4v) is 2.71. The standard InChI is InChI=1S/C16H26N2/c1-13-6-7-15(14(2)11-13)12-17-10-8-16-5-3-4-9-18-16/h6-7,11,16-18H,3-5,8-10,12H2,1-2H3. The van der Waals surface area contributed by atoms with Crippen LogP contribution in [0.1, 0.15) is 42.4 Å². The molecule has 1 aromatic carbocycles. The fourth-order valence-electron chi connectivity index (χ4n) is 2.71. The smallest absolute Gasteiger partial charge is 0.0208 e. The Bertz CT molecular complexity index is 367. The summed E-state index contributed by atoms with van der Waals surface area (Å²) in [4.78, 5) is 0. The molecule has 0 spiro atoms. The molecule has 1 unspecified atom stereocenters. The van der Waals surface area contributed by atoms with Crippen LogP contribution in [0.25, 0.3) is 0 Å². The average Bonchev–Trinajstić information content (AvgIpc) is 2.38. The molecule has 18 heavy (non-hydrogen) atoms. The molecule has 1 atom stereocenters. The molecule has 2 rings (SSSR count). The van der Waals surface area contributed by atoms with Crippen LogP contribution in [0.4, 0.5) is 0 Å². The molecule has 100 valence electrons. The summed E-state index contributed by atoms with van der Waals surface area (Å²) in [6.45, 7) is 7.68. The summed E-state index contributed by atoms with van der Waals surface area (Å²) in [6.07, 6.45) is 5.36. The molecule has 2 heteroatoms. The maximum atomic E-state index is 3.60. The van der Waals surface area contributed by atoms with E-state index in [0.717, 1.165) is 19.1 Å². The third kappa shape index (κ3) is 4.11. The van der Waals surface area contributed by atoms with E-state index in [0.29, 0.717) is 0 Å². The van der Waals surface area contributed by atoms with Crippen LogP contribution < -0.4 is 10.6 Å². The molecule has 1 fully saturated rings. The summed E-state index contributed by atoms with van der Waals surface area (Å²) in [5, 5.41) is 7.17. The first-order chi connectivity index (χ1) is 8.75. The molecule has 1 heterocycles. The van der Waals surface area contributed by atoms with Gasteiger partial charge in [-0.2, -0.15) is 0 Å². The highest BCUT2D eigenvalue weighted by Crippen LogP contribution is 2.11. The molecule has 0 aromatic heterocycles. The predicted octanol–water partition coefficient (Wildman–Crippen LogP) is 2.93. The Morgan fingerprint density at radius 2 is 2.17 bits per heavy atom. The first-order valence-electron chi connectivity index (χ1n) is 7.26. The van der Waals surface area contributed by atoms with Crippen LogP contribution >= 0.6 is 0 Å². The molecule has 0 aliphatic carbocycles. The second kappa shape index (κ2) is 6.91. The molecule has 2 nitrogen and oxygen atoms in total. The lowest BCUT2D eigenvalue weighted by atomic mass is 10.0. The van der Waals surface area contributed by atoms with Gasteiger partial charge in [-0.1, -0.05) is 30.2 Å². The summed E-state index contributed by atoms with van der Waals surface area (Å²) in [7, 11) is 0. The van der Waals surface area contributed by atoms with Gasteiger partial charge in [0.25, 0.3) is 0 Å². The molecule has 0 radical (unpaired) electrons. The van der Waals surface area contributed by atoms with Gasteiger partial charge in [-0.3, -0.25) is 0 Å². The van der Waals surface area contributed by atoms with Crippen LogP contribution in [-0.4, -0.2) is 19.1 Å². The van der Waals surface area contributed by atoms with Gasteiger partial charge < -0.3 is 10.6 Å². The third-order valence-electron chi connectivity index (χ3n) is 3.90. The minimum absolute atomic E-state index is 0.741. The zero-order valence-electron chi connectivity index (χ0n) is 11.8. The summed E-state index contributed by atoms with van der Waals surface area (Å²) in [5.74, 6) is 0. The van der Waals surface area contributed by atoms with Crippen LogP contribution in [0.2, 0.25) is 0 Å². The van der Waals surface area contributed by atoms with E-state index in [4.69, 9.17) is 0 Å². The number of hydrogen-bond acceptors (Lipinski definition) is 2. The van der Waals surface area contributed by atoms with Crippen LogP contribution in [0, 0.1) is 13.8 Å². The number of benzene rings is 1. The Labute approximate surface area is 111 Å². The van der Waals surface area contributed by atoms with Gasteiger partial charge in [0.2, 0.25) is 0 Å². The van der Waals surface area contributed by atoms with Gasteiger partial charge in [-0.05, 0) is 57.3 Å². The van der Waals surface area contributed by atoms with Crippen molar-refractivity contribution in [3.05, 3.63) is 34.9 Å². The molecule has 1 aromatic rings. The van der Waals surface area contributed by atoms with Crippen molar-refractivity contribution in [1.82, 2.24) is 10.6 Å². The molecule has 1 aliphatic heterocycles. The van der Waals surface area contributed by atoms with Crippen LogP contribution in [0.5, 0.6) is 0 Å². The summed E-state index contributed by atoms with van der Waals surface area (Å²) >= 11 is 0. The molecule has 2 N–H and O–H groups in total. The van der Waals surface area contributed by atoms with Crippen molar-refractivity contribution >= 4 is 0 Å². The zero-order chi connectivity index (χ0) is 12.8. The fraction of sp³-hybridized carbons (Fsp3) is 0.625. The number of nitrogens with one attached hydrogen (secondary N) is 2. The first kappa shape index (κ1) is 13.6. The Balaban J connectivity index is 1.68. The first-order valence-corrected chi connectivity index (χ1v) is 7.26. The quantitative estimate of drug-likeness (QED) is 0.781. The Kier molecular flexibility index (Phi) is 5.21. The topological polar surface area (TPSA) is 24.1 Å². The Morgan fingerprint density at radius 3 is 2.89 bits per heavy atom. The lowest BCUT2D eigenvalue weighted by molar-refractivity contribution is 0.376. The number of aryl methyl sites for hydroxylation is 2. The molecular formula is C16H26N2. The lowest BCUT2D eigenvalue weighted by Crippen LogP contribution is -2.36. The van der Waals surface area contributed by atoms with Crippen LogP contribution in [0.3, 0.4) is 0 Å². The monoisotopic (exact) mass is 246 g/mol. The van der Waals surface area contributed by atoms with E-state index in [1.807, 2.05) is 0 Å². The van der Waals surface area contributed by atoms with Gasteiger partial charge in [0, 0.05) is 12.6 Å². The van der Waals surface area contributed by atoms with Crippen molar-refractivity contribution in [3.8, 4) is 0 Å². The van der Waals surface area contributed by atoms with E-state index in [2.05, 4.69) is 42.7 Å². The van der Waals surface area contributed by atoms with Gasteiger partial charge in [0.1, 0.15) is 0 Å². The van der Waals surface area contributed by atoms with Crippen molar-refractivity contribution in [2.24, 2.45) is 0 Å². The third-order valence-corrected chi connectivity index (χ3v) is 3.90. The van der Waals surface area contributed by atoms with Crippen molar-refractivity contribution < 1.29 is 0 Å². The molecule has 1 aliphatic rings. The lowest BCUT2D eigenvalue weighted by Gasteiger charge is -2.23. The van der Waals surface area contributed by atoms with Gasteiger partial charge in [0.05, 0.1) is 0 Å². The van der Waals surface area contributed by atoms with Gasteiger partial charge in [0.15, 0.2) is 0 Å². The van der Waals surface area contributed by atoms with Crippen molar-refractivity contribution in [2.45, 2.75) is 52.1 Å². The van der Waals surface area contributed by atoms with Gasteiger partial charge >= 0.3 is 0 Å². The highest BCUT2D eigenvalue weighted by atomic mass is 14.9. The van der Waals surface area contributed by atoms with E-state index in [-0.39, 0.29) is 0 Å². The summed E-state index contributed by atoms with van der Waals surface area (Å²) in [5.41, 5.74) is 4.18. The zero-order valence-corrected chi connectivity index (χ0v) is 11.8. The summed E-state index contributed by atoms with van der Waals surface area (Å²) in [6, 6.07) is 7.45. The predicted molar refractivity (Wildman–Crippen MR) is 77.9 cm³/mol. The largest absolute Gasteiger partial charge is 0.314 e. The minimum atomic E-state index is 0.741. The van der Waals surface area contributed by atoms with E-state index < -0.39 is 0 Å². The number of hydrogen-bond donors (Lipinski definition) is 2. The highest BCUT2D eigenvalue weighted by Gasteiger charge is 2.11. The summed E-state index contributed by atoms with van der Waals surface area (Å²) < 4.78 is 0. The average molecular weight is 246 g/mol. The second-order valence-electron chi connectivity index (χ2n) is 5.54. The SMILES string of the molecule is Cc1ccc(CNCCC2CCCCN2)c(C)c1. The highest BCUT2D eigenvalue weighted by molar-refractivity contribution is 5.30. The Hall–Kier alpha value is -0.860. The number of rotatable bonds is 5. The van der Waals surface area contributed by atoms with Crippen molar-refractivity contribution in [1.29, 1.82) is 0 Å². The van der Waals surface area contributed by atoms with E-state index in [1.165, 1.54) is 48.9 Å². The molecule has 1 saturated heterocycles. The molecular weight excluding hydrogens is 220 g/mol. The van der Waals surface area contributed by atoms with Crippen molar-refractivity contribution in [2.75, 3.05) is 13.1 Å². The Morgan fingerprint density at radius 1 is 1.28 bits per heavy atom. The molecule has 0 bridgehead atoms. The van der Waals surface area contributed by atoms with E-state index in [1.54, 1.807) is 0 Å². The van der Waals surface area contributed by atoms with Gasteiger partial charge in [-0.15, -0.1) is 0 Å². The normalized spacial score (nSPS) is 20.0. The van der Waals surface area contributed by atoms with E-state index in [9.17, 15) is 0 Å². The molecule has 0 saturated carbocycles. The van der Waals surface area contributed by atoms with Crippen LogP contribution in [-0.2, 0) is 6.54 Å².